The van der Waals surface area contributed by atoms with Crippen LogP contribution in [0.15, 0.2) is 42.5 Å². The summed E-state index contributed by atoms with van der Waals surface area (Å²) in [5.41, 5.74) is 8.81. The quantitative estimate of drug-likeness (QED) is 0.748. The third-order valence-electron chi connectivity index (χ3n) is 4.04. The van der Waals surface area contributed by atoms with Crippen molar-refractivity contribution in [3.05, 3.63) is 53.6 Å². The van der Waals surface area contributed by atoms with Gasteiger partial charge in [0, 0.05) is 17.4 Å². The molecule has 0 aliphatic carbocycles. The molecule has 0 fully saturated rings. The summed E-state index contributed by atoms with van der Waals surface area (Å²) in [6, 6.07) is 13.6. The predicted molar refractivity (Wildman–Crippen MR) is 102 cm³/mol. The molecule has 2 aromatic carbocycles. The standard InChI is InChI=1S/C19H20N2O3.ClH/c1-22-15-7-5-8-16(23-2)14(15)11-13-10-12-6-4-9-17(24-3)18(12)21-19(13)20;/h4-10H,11H2,1-3H3,(H2,20,21);1H. The van der Waals surface area contributed by atoms with Crippen LogP contribution < -0.4 is 19.9 Å². The van der Waals surface area contributed by atoms with Crippen LogP contribution in [0.3, 0.4) is 0 Å². The van der Waals surface area contributed by atoms with Crippen molar-refractivity contribution in [2.24, 2.45) is 0 Å². The van der Waals surface area contributed by atoms with Gasteiger partial charge in [-0.05, 0) is 29.8 Å². The highest BCUT2D eigenvalue weighted by Crippen LogP contribution is 2.33. The molecule has 0 bridgehead atoms. The van der Waals surface area contributed by atoms with Crippen LogP contribution >= 0.6 is 12.4 Å². The van der Waals surface area contributed by atoms with Gasteiger partial charge in [0.15, 0.2) is 0 Å². The number of nitrogen functional groups attached to an aromatic ring is 1. The SMILES string of the molecule is COc1cccc(OC)c1Cc1cc2cccc(OC)c2nc1N.Cl. The maximum atomic E-state index is 6.19. The Morgan fingerprint density at radius 3 is 2.04 bits per heavy atom. The van der Waals surface area contributed by atoms with Crippen molar-refractivity contribution >= 4 is 29.1 Å². The molecule has 3 rings (SSSR count). The number of methoxy groups -OCH3 is 3. The van der Waals surface area contributed by atoms with E-state index >= 15 is 0 Å². The lowest BCUT2D eigenvalue weighted by Gasteiger charge is -2.14. The van der Waals surface area contributed by atoms with Gasteiger partial charge >= 0.3 is 0 Å². The van der Waals surface area contributed by atoms with Crippen LogP contribution in [0.4, 0.5) is 5.82 Å². The molecule has 0 amide bonds. The number of para-hydroxylation sites is 1. The summed E-state index contributed by atoms with van der Waals surface area (Å²) >= 11 is 0. The lowest BCUT2D eigenvalue weighted by atomic mass is 10.0. The lowest BCUT2D eigenvalue weighted by Crippen LogP contribution is -2.03. The Morgan fingerprint density at radius 2 is 1.44 bits per heavy atom. The summed E-state index contributed by atoms with van der Waals surface area (Å²) in [5, 5.41) is 0.979. The molecule has 5 nitrogen and oxygen atoms in total. The smallest absolute Gasteiger partial charge is 0.145 e. The molecular weight excluding hydrogens is 340 g/mol. The van der Waals surface area contributed by atoms with Gasteiger partial charge < -0.3 is 19.9 Å². The first kappa shape index (κ1) is 18.7. The molecule has 0 radical (unpaired) electrons. The van der Waals surface area contributed by atoms with Gasteiger partial charge in [0.2, 0.25) is 0 Å². The number of rotatable bonds is 5. The summed E-state index contributed by atoms with van der Waals surface area (Å²) in [6.07, 6.45) is 0.569. The van der Waals surface area contributed by atoms with Gasteiger partial charge in [-0.25, -0.2) is 4.98 Å². The molecule has 0 saturated carbocycles. The van der Waals surface area contributed by atoms with Gasteiger partial charge in [0.05, 0.1) is 21.3 Å². The van der Waals surface area contributed by atoms with E-state index in [-0.39, 0.29) is 12.4 Å². The van der Waals surface area contributed by atoms with Gasteiger partial charge in [-0.3, -0.25) is 0 Å². The molecule has 0 unspecified atom stereocenters. The third kappa shape index (κ3) is 3.56. The number of fused-ring (bicyclic) bond motifs is 1. The van der Waals surface area contributed by atoms with E-state index in [0.29, 0.717) is 18.0 Å². The Hall–Kier alpha value is -2.66. The average Bonchev–Trinajstić information content (AvgIpc) is 2.62. The Morgan fingerprint density at radius 1 is 0.880 bits per heavy atom. The summed E-state index contributed by atoms with van der Waals surface area (Å²) < 4.78 is 16.3. The summed E-state index contributed by atoms with van der Waals surface area (Å²) in [7, 11) is 4.91. The highest BCUT2D eigenvalue weighted by Gasteiger charge is 2.14. The number of benzene rings is 2. The number of halogens is 1. The number of ether oxygens (including phenoxy) is 3. The third-order valence-corrected chi connectivity index (χ3v) is 4.04. The van der Waals surface area contributed by atoms with Crippen molar-refractivity contribution in [2.75, 3.05) is 27.1 Å². The zero-order valence-electron chi connectivity index (χ0n) is 14.4. The zero-order chi connectivity index (χ0) is 17.1. The molecule has 25 heavy (non-hydrogen) atoms. The minimum Gasteiger partial charge on any atom is -0.496 e. The Kier molecular flexibility index (Phi) is 5.93. The van der Waals surface area contributed by atoms with E-state index < -0.39 is 0 Å². The van der Waals surface area contributed by atoms with Crippen molar-refractivity contribution in [1.29, 1.82) is 0 Å². The van der Waals surface area contributed by atoms with Gasteiger partial charge in [-0.2, -0.15) is 0 Å². The molecule has 2 N–H and O–H groups in total. The number of aromatic nitrogens is 1. The van der Waals surface area contributed by atoms with Crippen molar-refractivity contribution < 1.29 is 14.2 Å². The van der Waals surface area contributed by atoms with Crippen molar-refractivity contribution in [3.63, 3.8) is 0 Å². The number of anilines is 1. The topological polar surface area (TPSA) is 66.6 Å². The van der Waals surface area contributed by atoms with Crippen molar-refractivity contribution in [1.82, 2.24) is 4.98 Å². The fourth-order valence-corrected chi connectivity index (χ4v) is 2.83. The van der Waals surface area contributed by atoms with E-state index in [1.165, 1.54) is 0 Å². The molecule has 0 aliphatic rings. The first-order valence-corrected chi connectivity index (χ1v) is 7.60. The number of hydrogen-bond acceptors (Lipinski definition) is 5. The van der Waals surface area contributed by atoms with Gasteiger partial charge in [0.25, 0.3) is 0 Å². The van der Waals surface area contributed by atoms with E-state index in [0.717, 1.165) is 33.5 Å². The van der Waals surface area contributed by atoms with E-state index in [9.17, 15) is 0 Å². The monoisotopic (exact) mass is 360 g/mol. The second-order valence-corrected chi connectivity index (χ2v) is 5.38. The fourth-order valence-electron chi connectivity index (χ4n) is 2.83. The number of pyridine rings is 1. The van der Waals surface area contributed by atoms with Crippen LogP contribution in [0.5, 0.6) is 17.2 Å². The molecule has 0 atom stereocenters. The van der Waals surface area contributed by atoms with Crippen molar-refractivity contribution in [3.8, 4) is 17.2 Å². The van der Waals surface area contributed by atoms with Gasteiger partial charge in [-0.1, -0.05) is 18.2 Å². The van der Waals surface area contributed by atoms with E-state index in [4.69, 9.17) is 19.9 Å². The number of hydrogen-bond donors (Lipinski definition) is 1. The van der Waals surface area contributed by atoms with E-state index in [1.807, 2.05) is 42.5 Å². The average molecular weight is 361 g/mol. The number of nitrogens with two attached hydrogens (primary N) is 1. The van der Waals surface area contributed by atoms with Crippen LogP contribution in [0, 0.1) is 0 Å². The second kappa shape index (κ2) is 7.94. The molecule has 0 saturated heterocycles. The molecule has 132 valence electrons. The van der Waals surface area contributed by atoms with E-state index in [2.05, 4.69) is 4.98 Å². The highest BCUT2D eigenvalue weighted by molar-refractivity contribution is 5.87. The highest BCUT2D eigenvalue weighted by atomic mass is 35.5. The van der Waals surface area contributed by atoms with Crippen LogP contribution in [-0.2, 0) is 6.42 Å². The van der Waals surface area contributed by atoms with Crippen molar-refractivity contribution in [2.45, 2.75) is 6.42 Å². The minimum atomic E-state index is 0. The van der Waals surface area contributed by atoms with Gasteiger partial charge in [0.1, 0.15) is 28.6 Å². The summed E-state index contributed by atoms with van der Waals surface area (Å²) in [4.78, 5) is 4.52. The normalized spacial score (nSPS) is 10.2. The maximum absolute atomic E-state index is 6.19. The number of nitrogens with zero attached hydrogens (tertiary/aromatic N) is 1. The fraction of sp³-hybridized carbons (Fsp3) is 0.211. The molecule has 1 aromatic heterocycles. The Labute approximate surface area is 153 Å². The first-order valence-electron chi connectivity index (χ1n) is 7.60. The van der Waals surface area contributed by atoms with Gasteiger partial charge in [-0.15, -0.1) is 12.4 Å². The minimum absolute atomic E-state index is 0. The molecule has 3 aromatic rings. The van der Waals surface area contributed by atoms with Crippen LogP contribution in [-0.4, -0.2) is 26.3 Å². The summed E-state index contributed by atoms with van der Waals surface area (Å²) in [6.45, 7) is 0. The lowest BCUT2D eigenvalue weighted by molar-refractivity contribution is 0.387. The largest absolute Gasteiger partial charge is 0.496 e. The zero-order valence-corrected chi connectivity index (χ0v) is 15.2. The first-order chi connectivity index (χ1) is 11.7. The maximum Gasteiger partial charge on any atom is 0.145 e. The summed E-state index contributed by atoms with van der Waals surface area (Å²) in [5.74, 6) is 2.71. The Balaban J connectivity index is 0.00000225. The van der Waals surface area contributed by atoms with Crippen LogP contribution in [0.2, 0.25) is 0 Å². The molecule has 1 heterocycles. The second-order valence-electron chi connectivity index (χ2n) is 5.38. The molecular formula is C19H21ClN2O3. The van der Waals surface area contributed by atoms with Crippen LogP contribution in [0.1, 0.15) is 11.1 Å². The van der Waals surface area contributed by atoms with E-state index in [1.54, 1.807) is 21.3 Å². The Bertz CT molecular complexity index is 862. The van der Waals surface area contributed by atoms with Crippen LogP contribution in [0.25, 0.3) is 10.9 Å². The molecule has 6 heteroatoms. The predicted octanol–water partition coefficient (Wildman–Crippen LogP) is 3.86. The molecule has 0 aliphatic heterocycles. The molecule has 0 spiro atoms.